The van der Waals surface area contributed by atoms with Crippen LogP contribution in [0.4, 0.5) is 0 Å². The van der Waals surface area contributed by atoms with Crippen molar-refractivity contribution in [2.75, 3.05) is 125 Å². The average Bonchev–Trinajstić information content (AvgIpc) is 1.08. The molecule has 46 nitrogen and oxygen atoms in total. The number of nitrogens with one attached hydrogen (secondary N) is 4. The molecule has 4 aliphatic rings. The van der Waals surface area contributed by atoms with Gasteiger partial charge in [0.15, 0.2) is 25.2 Å². The summed E-state index contributed by atoms with van der Waals surface area (Å²) >= 11 is 4.39. The number of amides is 4. The van der Waals surface area contributed by atoms with Crippen LogP contribution in [0.1, 0.15) is 69.7 Å². The van der Waals surface area contributed by atoms with Gasteiger partial charge in [-0.05, 0) is 19.4 Å². The summed E-state index contributed by atoms with van der Waals surface area (Å²) in [5.41, 5.74) is 2.21. The number of hydrogen-bond acceptors (Lipinski definition) is 39. The molecule has 8 heterocycles. The fourth-order valence-corrected chi connectivity index (χ4v) is 13.2. The van der Waals surface area contributed by atoms with Crippen LogP contribution >= 0.6 is 12.6 Å². The first kappa shape index (κ1) is 93.2. The van der Waals surface area contributed by atoms with Crippen LogP contribution in [0.15, 0.2) is 24.8 Å². The summed E-state index contributed by atoms with van der Waals surface area (Å²) in [7, 11) is 0. The van der Waals surface area contributed by atoms with E-state index in [1.807, 2.05) is 4.90 Å². The number of aromatic nitrogens is 12. The van der Waals surface area contributed by atoms with Crippen molar-refractivity contribution in [3.8, 4) is 0 Å². The molecule has 0 bridgehead atoms. The Morgan fingerprint density at radius 1 is 0.447 bits per heavy atom. The van der Waals surface area contributed by atoms with E-state index in [1.54, 1.807) is 50.4 Å². The predicted molar refractivity (Wildman–Crippen MR) is 388 cm³/mol. The number of thiol groups is 1. The molecular weight excluding hydrogens is 1540 g/mol. The number of carbonyl (C=O) groups is 4. The maximum Gasteiger partial charge on any atom is 0.237 e. The smallest absolute Gasteiger partial charge is 0.237 e. The van der Waals surface area contributed by atoms with Crippen LogP contribution in [0.3, 0.4) is 0 Å². The monoisotopic (exact) mass is 1650 g/mol. The van der Waals surface area contributed by atoms with E-state index in [9.17, 15) is 80.5 Å². The molecule has 0 aliphatic carbocycles. The van der Waals surface area contributed by atoms with Crippen molar-refractivity contribution in [2.45, 2.75) is 222 Å². The third kappa shape index (κ3) is 28.8. The lowest BCUT2D eigenvalue weighted by atomic mass is 9.92. The standard InChI is InChI=1S/C67H114N18O28S/c1-39-55(93)56(94)48(35-86)110-64(39)106-22-18-102-16-12-84-33-45(74-78-84)29-81(30-46-34-85(79-75-46)13-17-105-21-25-109-67-54(71-42(4)92)62(100)59(97)51(38-89)113-67)47(63(101)68-8-26-114)7-5-6-9-80(27-43-31-82(76-72-43)10-14-103-19-23-107-65-52(69-40(2)90)60(98)57(95)49(36-87)111-65)28-44-32-83(77-73-44)11-15-104-20-24-108-66-53(70-41(3)91)61(99)58(96)50(37-88)112-66/h31-34,39,47-62,64-67,86-89,93-100,114H,5-30,35-38H2,1-4H3,(H,68,101)(H,69,90)(H,70,91)(H,71,92)/t39-,47+,48-,49-,50-,51-,52-,53-,54-,55-,56+,57+,58+,59+,60-,61-,62-,64-,65-,66-,67?/m1/s1. The lowest BCUT2D eigenvalue weighted by molar-refractivity contribution is -0.284. The molecule has 4 amide bonds. The highest BCUT2D eigenvalue weighted by Crippen LogP contribution is 2.29. The Morgan fingerprint density at radius 2 is 0.763 bits per heavy atom. The van der Waals surface area contributed by atoms with Crippen molar-refractivity contribution in [3.63, 3.8) is 0 Å². The van der Waals surface area contributed by atoms with Crippen LogP contribution in [0, 0.1) is 5.92 Å². The van der Waals surface area contributed by atoms with Gasteiger partial charge in [0.1, 0.15) is 85.3 Å². The first-order valence-electron chi connectivity index (χ1n) is 37.9. The Morgan fingerprint density at radius 3 is 1.09 bits per heavy atom. The highest BCUT2D eigenvalue weighted by molar-refractivity contribution is 7.80. The fraction of sp³-hybridized carbons (Fsp3) is 0.821. The van der Waals surface area contributed by atoms with E-state index in [4.69, 9.17) is 56.8 Å². The number of ether oxygens (including phenoxy) is 12. The van der Waals surface area contributed by atoms with Crippen LogP contribution in [0.5, 0.6) is 0 Å². The second-order valence-electron chi connectivity index (χ2n) is 27.8. The molecule has 4 aliphatic heterocycles. The second kappa shape index (κ2) is 48.6. The van der Waals surface area contributed by atoms with Crippen LogP contribution in [-0.2, 0) is 128 Å². The van der Waals surface area contributed by atoms with Gasteiger partial charge in [0.05, 0.1) is 167 Å². The molecule has 21 atom stereocenters. The zero-order valence-corrected chi connectivity index (χ0v) is 65.1. The molecule has 47 heteroatoms. The number of aliphatic hydroxyl groups is 12. The first-order valence-corrected chi connectivity index (χ1v) is 38.5. The first-order chi connectivity index (χ1) is 54.9. The van der Waals surface area contributed by atoms with Gasteiger partial charge in [0, 0.05) is 90.0 Å². The van der Waals surface area contributed by atoms with E-state index < -0.39 is 173 Å². The summed E-state index contributed by atoms with van der Waals surface area (Å²) in [6.07, 6.45) is -11.8. The van der Waals surface area contributed by atoms with Gasteiger partial charge in [-0.25, -0.2) is 18.7 Å². The molecule has 1 unspecified atom stereocenters. The van der Waals surface area contributed by atoms with Gasteiger partial charge in [0.25, 0.3) is 0 Å². The zero-order valence-electron chi connectivity index (χ0n) is 64.3. The summed E-state index contributed by atoms with van der Waals surface area (Å²) in [4.78, 5) is 54.4. The number of unbranched alkanes of at least 4 members (excludes halogenated alkanes) is 1. The minimum absolute atomic E-state index is 0.0377. The van der Waals surface area contributed by atoms with Crippen LogP contribution in [0.25, 0.3) is 0 Å². The van der Waals surface area contributed by atoms with Gasteiger partial charge < -0.3 is 139 Å². The number of rotatable bonds is 52. The van der Waals surface area contributed by atoms with Gasteiger partial charge in [-0.15, -0.1) is 20.4 Å². The SMILES string of the molecule is CC(=O)N[C@H]1[C@H](OCCOCCn2cc(CN(CCCC[C@@H](C(=O)NCCS)N(Cc3cn(CCOCCOC4O[C@H](CO)[C@H](O)[C@H](O)[C@H]4NC(C)=O)nn3)Cc3cn(CCOCCO[C@@H]4O[C@H](CO)[C@H](O)[C@H](O)[C@H]4C)nn3)Cc3cn(CCOCCO[C@@H]4O[C@H](CO)[C@H](O)[C@H](O)[C@H]4NC(C)=O)nn3)nn2)O[C@H](CO)[C@H](O)[C@@H]1O. The molecule has 0 spiro atoms. The van der Waals surface area contributed by atoms with E-state index in [1.165, 1.54) is 20.8 Å². The van der Waals surface area contributed by atoms with Crippen LogP contribution in [0.2, 0.25) is 0 Å². The molecule has 8 rings (SSSR count). The highest BCUT2D eigenvalue weighted by Gasteiger charge is 2.49. The molecule has 4 aromatic rings. The number of hydrogen-bond donors (Lipinski definition) is 17. The van der Waals surface area contributed by atoms with Crippen molar-refractivity contribution in [3.05, 3.63) is 47.6 Å². The number of carbonyl (C=O) groups excluding carboxylic acids is 4. The van der Waals surface area contributed by atoms with E-state index in [2.05, 4.69) is 80.0 Å². The normalized spacial score (nSPS) is 28.3. The molecule has 4 saturated heterocycles. The quantitative estimate of drug-likeness (QED) is 0.0144. The van der Waals surface area contributed by atoms with Crippen molar-refractivity contribution < 1.29 is 137 Å². The topological polar surface area (TPSA) is 599 Å². The van der Waals surface area contributed by atoms with Crippen molar-refractivity contribution in [2.24, 2.45) is 5.92 Å². The molecule has 0 aromatic carbocycles. The third-order valence-corrected chi connectivity index (χ3v) is 19.3. The van der Waals surface area contributed by atoms with Gasteiger partial charge in [-0.2, -0.15) is 12.6 Å². The Bertz CT molecular complexity index is 3330. The van der Waals surface area contributed by atoms with Gasteiger partial charge in [0.2, 0.25) is 23.6 Å². The van der Waals surface area contributed by atoms with Gasteiger partial charge in [-0.3, -0.25) is 29.0 Å². The van der Waals surface area contributed by atoms with Crippen molar-refractivity contribution in [1.82, 2.24) is 91.0 Å². The van der Waals surface area contributed by atoms with E-state index in [0.29, 0.717) is 54.3 Å². The van der Waals surface area contributed by atoms with Gasteiger partial charge >= 0.3 is 0 Å². The number of nitrogens with zero attached hydrogens (tertiary/aromatic N) is 14. The minimum atomic E-state index is -1.48. The van der Waals surface area contributed by atoms with E-state index in [-0.39, 0.29) is 144 Å². The summed E-state index contributed by atoms with van der Waals surface area (Å²) in [5.74, 6) is -2.00. The van der Waals surface area contributed by atoms with Crippen LogP contribution in [-0.4, -0.2) is 402 Å². The third-order valence-electron chi connectivity index (χ3n) is 19.0. The lowest BCUT2D eigenvalue weighted by Crippen LogP contribution is -2.64. The Kier molecular flexibility index (Phi) is 39.7. The summed E-state index contributed by atoms with van der Waals surface area (Å²) in [6.45, 7) is 6.60. The fourth-order valence-electron chi connectivity index (χ4n) is 13.1. The summed E-state index contributed by atoms with van der Waals surface area (Å²) in [6, 6.07) is -4.14. The minimum Gasteiger partial charge on any atom is -0.394 e. The Hall–Kier alpha value is -6.25. The summed E-state index contributed by atoms with van der Waals surface area (Å²) in [5, 5.41) is 169. The van der Waals surface area contributed by atoms with Crippen molar-refractivity contribution in [1.29, 1.82) is 0 Å². The maximum atomic E-state index is 14.6. The highest BCUT2D eigenvalue weighted by atomic mass is 32.1. The van der Waals surface area contributed by atoms with Gasteiger partial charge in [-0.1, -0.05) is 34.2 Å². The molecule has 0 radical (unpaired) electrons. The van der Waals surface area contributed by atoms with E-state index in [0.717, 1.165) is 0 Å². The molecular formula is C67H114N18O28S. The predicted octanol–water partition coefficient (Wildman–Crippen LogP) is -9.62. The molecule has 4 aromatic heterocycles. The lowest BCUT2D eigenvalue weighted by Gasteiger charge is -2.42. The second-order valence-corrected chi connectivity index (χ2v) is 28.3. The zero-order chi connectivity index (χ0) is 82.2. The van der Waals surface area contributed by atoms with Crippen molar-refractivity contribution >= 4 is 36.3 Å². The molecule has 16 N–H and O–H groups in total. The Labute approximate surface area is 662 Å². The van der Waals surface area contributed by atoms with Crippen LogP contribution < -0.4 is 21.3 Å². The average molecular weight is 1650 g/mol. The maximum absolute atomic E-state index is 14.6. The molecule has 646 valence electrons. The van der Waals surface area contributed by atoms with E-state index >= 15 is 0 Å². The Balaban J connectivity index is 0.915. The molecule has 114 heavy (non-hydrogen) atoms. The largest absolute Gasteiger partial charge is 0.394 e. The molecule has 0 saturated carbocycles. The summed E-state index contributed by atoms with van der Waals surface area (Å²) < 4.78 is 75.4. The molecule has 4 fully saturated rings. The number of aliphatic hydroxyl groups excluding tert-OH is 12.